The van der Waals surface area contributed by atoms with Crippen molar-refractivity contribution in [2.24, 2.45) is 0 Å². The summed E-state index contributed by atoms with van der Waals surface area (Å²) >= 11 is 5.47. The third-order valence-corrected chi connectivity index (χ3v) is 3.97. The van der Waals surface area contributed by atoms with Crippen LogP contribution in [0.25, 0.3) is 0 Å². The molecule has 2 aromatic carbocycles. The second kappa shape index (κ2) is 7.83. The van der Waals surface area contributed by atoms with Crippen LogP contribution in [0.15, 0.2) is 42.5 Å². The molecule has 0 spiro atoms. The van der Waals surface area contributed by atoms with E-state index in [9.17, 15) is 0 Å². The first-order valence-electron chi connectivity index (χ1n) is 7.33. The molecular formula is C18H22N2O2S. The van der Waals surface area contributed by atoms with Crippen molar-refractivity contribution in [2.45, 2.75) is 13.5 Å². The lowest BCUT2D eigenvalue weighted by Gasteiger charge is -2.22. The van der Waals surface area contributed by atoms with E-state index >= 15 is 0 Å². The number of methoxy groups -OCH3 is 2. The van der Waals surface area contributed by atoms with Gasteiger partial charge in [-0.15, -0.1) is 0 Å². The van der Waals surface area contributed by atoms with Crippen LogP contribution in [0.1, 0.15) is 11.1 Å². The van der Waals surface area contributed by atoms with Gasteiger partial charge in [-0.25, -0.2) is 0 Å². The number of nitrogens with zero attached hydrogens (tertiary/aromatic N) is 1. The highest BCUT2D eigenvalue weighted by Gasteiger charge is 2.10. The molecule has 1 N–H and O–H groups in total. The summed E-state index contributed by atoms with van der Waals surface area (Å²) in [7, 11) is 5.25. The predicted octanol–water partition coefficient (Wildman–Crippen LogP) is 3.84. The second-order valence-electron chi connectivity index (χ2n) is 5.33. The number of anilines is 1. The monoisotopic (exact) mass is 330 g/mol. The van der Waals surface area contributed by atoms with Crippen LogP contribution in [0.3, 0.4) is 0 Å². The molecule has 0 atom stereocenters. The molecule has 0 amide bonds. The van der Waals surface area contributed by atoms with Crippen molar-refractivity contribution in [3.8, 4) is 11.5 Å². The molecule has 0 heterocycles. The maximum atomic E-state index is 5.47. The van der Waals surface area contributed by atoms with Gasteiger partial charge in [0.25, 0.3) is 0 Å². The van der Waals surface area contributed by atoms with Crippen LogP contribution in [0.2, 0.25) is 0 Å². The minimum absolute atomic E-state index is 0.644. The number of aryl methyl sites for hydroxylation is 1. The molecule has 0 bridgehead atoms. The van der Waals surface area contributed by atoms with Gasteiger partial charge in [-0.3, -0.25) is 0 Å². The third kappa shape index (κ3) is 4.60. The topological polar surface area (TPSA) is 33.7 Å². The average Bonchev–Trinajstić information content (AvgIpc) is 2.57. The SMILES string of the molecule is COc1ccc(CN(C)C(=S)Nc2ccc(C)cc2)c(OC)c1. The number of benzene rings is 2. The molecule has 0 aromatic heterocycles. The Morgan fingerprint density at radius 3 is 2.39 bits per heavy atom. The van der Waals surface area contributed by atoms with Crippen LogP contribution in [0.4, 0.5) is 5.69 Å². The minimum atomic E-state index is 0.644. The largest absolute Gasteiger partial charge is 0.497 e. The van der Waals surface area contributed by atoms with Crippen molar-refractivity contribution < 1.29 is 9.47 Å². The van der Waals surface area contributed by atoms with E-state index in [1.165, 1.54) is 5.56 Å². The molecule has 2 aromatic rings. The number of nitrogens with one attached hydrogen (secondary N) is 1. The van der Waals surface area contributed by atoms with Crippen LogP contribution < -0.4 is 14.8 Å². The molecule has 0 aliphatic rings. The molecule has 2 rings (SSSR count). The summed E-state index contributed by atoms with van der Waals surface area (Å²) in [6, 6.07) is 13.9. The first-order chi connectivity index (χ1) is 11.0. The average molecular weight is 330 g/mol. The van der Waals surface area contributed by atoms with Crippen molar-refractivity contribution in [1.29, 1.82) is 0 Å². The smallest absolute Gasteiger partial charge is 0.173 e. The van der Waals surface area contributed by atoms with Crippen LogP contribution in [0, 0.1) is 6.92 Å². The fourth-order valence-corrected chi connectivity index (χ4v) is 2.35. The lowest BCUT2D eigenvalue weighted by molar-refractivity contribution is 0.384. The highest BCUT2D eigenvalue weighted by Crippen LogP contribution is 2.25. The van der Waals surface area contributed by atoms with E-state index in [0.29, 0.717) is 11.7 Å². The second-order valence-corrected chi connectivity index (χ2v) is 5.72. The van der Waals surface area contributed by atoms with Crippen molar-refractivity contribution in [2.75, 3.05) is 26.6 Å². The fourth-order valence-electron chi connectivity index (χ4n) is 2.17. The zero-order valence-corrected chi connectivity index (χ0v) is 14.7. The summed E-state index contributed by atoms with van der Waals surface area (Å²) in [6.45, 7) is 2.70. The molecular weight excluding hydrogens is 308 g/mol. The van der Waals surface area contributed by atoms with E-state index in [1.807, 2.05) is 42.3 Å². The summed E-state index contributed by atoms with van der Waals surface area (Å²) in [6.07, 6.45) is 0. The number of ether oxygens (including phenoxy) is 2. The lowest BCUT2D eigenvalue weighted by atomic mass is 10.2. The molecule has 23 heavy (non-hydrogen) atoms. The van der Waals surface area contributed by atoms with Crippen LogP contribution >= 0.6 is 12.2 Å². The first-order valence-corrected chi connectivity index (χ1v) is 7.74. The van der Waals surface area contributed by atoms with Gasteiger partial charge in [-0.2, -0.15) is 0 Å². The Balaban J connectivity index is 2.04. The van der Waals surface area contributed by atoms with Crippen LogP contribution in [0.5, 0.6) is 11.5 Å². The summed E-state index contributed by atoms with van der Waals surface area (Å²) in [5.41, 5.74) is 3.25. The van der Waals surface area contributed by atoms with E-state index in [2.05, 4.69) is 24.4 Å². The number of rotatable bonds is 5. The van der Waals surface area contributed by atoms with Gasteiger partial charge >= 0.3 is 0 Å². The summed E-state index contributed by atoms with van der Waals surface area (Å²) in [5.74, 6) is 1.56. The van der Waals surface area contributed by atoms with Crippen molar-refractivity contribution in [1.82, 2.24) is 4.90 Å². The molecule has 0 aliphatic heterocycles. The van der Waals surface area contributed by atoms with Gasteiger partial charge < -0.3 is 19.7 Å². The van der Waals surface area contributed by atoms with Crippen LogP contribution in [-0.2, 0) is 6.54 Å². The van der Waals surface area contributed by atoms with Gasteiger partial charge in [0, 0.05) is 30.9 Å². The quantitative estimate of drug-likeness (QED) is 0.843. The molecule has 0 saturated heterocycles. The predicted molar refractivity (Wildman–Crippen MR) is 98.4 cm³/mol. The van der Waals surface area contributed by atoms with E-state index in [4.69, 9.17) is 21.7 Å². The van der Waals surface area contributed by atoms with Crippen LogP contribution in [-0.4, -0.2) is 31.3 Å². The Kier molecular flexibility index (Phi) is 5.82. The van der Waals surface area contributed by atoms with Gasteiger partial charge in [0.15, 0.2) is 5.11 Å². The molecule has 0 saturated carbocycles. The molecule has 0 radical (unpaired) electrons. The standard InChI is InChI=1S/C18H22N2O2S/c1-13-5-8-15(9-6-13)19-18(23)20(2)12-14-7-10-16(21-3)11-17(14)22-4/h5-11H,12H2,1-4H3,(H,19,23). The third-order valence-electron chi connectivity index (χ3n) is 3.55. The van der Waals surface area contributed by atoms with Gasteiger partial charge in [-0.05, 0) is 43.4 Å². The summed E-state index contributed by atoms with van der Waals surface area (Å²) in [5, 5.41) is 3.90. The van der Waals surface area contributed by atoms with Gasteiger partial charge in [0.1, 0.15) is 11.5 Å². The Hall–Kier alpha value is -2.27. The number of hydrogen-bond donors (Lipinski definition) is 1. The van der Waals surface area contributed by atoms with Crippen molar-refractivity contribution in [3.05, 3.63) is 53.6 Å². The Bertz CT molecular complexity index is 671. The molecule has 0 unspecified atom stereocenters. The molecule has 122 valence electrons. The Labute approximate surface area is 143 Å². The maximum absolute atomic E-state index is 5.47. The Morgan fingerprint density at radius 2 is 1.78 bits per heavy atom. The molecule has 4 nitrogen and oxygen atoms in total. The van der Waals surface area contributed by atoms with E-state index in [1.54, 1.807) is 14.2 Å². The Morgan fingerprint density at radius 1 is 1.09 bits per heavy atom. The van der Waals surface area contributed by atoms with Crippen molar-refractivity contribution >= 4 is 23.0 Å². The van der Waals surface area contributed by atoms with Crippen molar-refractivity contribution in [3.63, 3.8) is 0 Å². The summed E-state index contributed by atoms with van der Waals surface area (Å²) in [4.78, 5) is 1.97. The zero-order valence-electron chi connectivity index (χ0n) is 13.9. The fraction of sp³-hybridized carbons (Fsp3) is 0.278. The van der Waals surface area contributed by atoms with Gasteiger partial charge in [0.2, 0.25) is 0 Å². The molecule has 5 heteroatoms. The molecule has 0 fully saturated rings. The highest BCUT2D eigenvalue weighted by molar-refractivity contribution is 7.80. The van der Waals surface area contributed by atoms with Gasteiger partial charge in [0.05, 0.1) is 14.2 Å². The maximum Gasteiger partial charge on any atom is 0.173 e. The molecule has 0 aliphatic carbocycles. The minimum Gasteiger partial charge on any atom is -0.497 e. The van der Waals surface area contributed by atoms with E-state index in [0.717, 1.165) is 22.7 Å². The van der Waals surface area contributed by atoms with Gasteiger partial charge in [-0.1, -0.05) is 17.7 Å². The summed E-state index contributed by atoms with van der Waals surface area (Å²) < 4.78 is 10.7. The number of hydrogen-bond acceptors (Lipinski definition) is 3. The number of thiocarbonyl (C=S) groups is 1. The van der Waals surface area contributed by atoms with E-state index < -0.39 is 0 Å². The highest BCUT2D eigenvalue weighted by atomic mass is 32.1. The lowest BCUT2D eigenvalue weighted by Crippen LogP contribution is -2.30. The zero-order chi connectivity index (χ0) is 16.8. The first kappa shape index (κ1) is 17.1. The van der Waals surface area contributed by atoms with E-state index in [-0.39, 0.29) is 0 Å². The normalized spacial score (nSPS) is 10.1.